The molecule has 62 valence electrons. The van der Waals surface area contributed by atoms with Crippen LogP contribution in [0.15, 0.2) is 22.0 Å². The second-order valence-corrected chi connectivity index (χ2v) is 4.30. The van der Waals surface area contributed by atoms with Gasteiger partial charge < -0.3 is 11.5 Å². The van der Waals surface area contributed by atoms with Crippen molar-refractivity contribution in [2.24, 2.45) is 0 Å². The Balaban J connectivity index is 2.97. The molecule has 0 unspecified atom stereocenters. The molecule has 0 saturated carbocycles. The van der Waals surface area contributed by atoms with E-state index < -0.39 is 0 Å². The van der Waals surface area contributed by atoms with Crippen LogP contribution < -0.4 is 11.5 Å². The molecule has 4 N–H and O–H groups in total. The van der Waals surface area contributed by atoms with E-state index in [1.54, 1.807) is 11.3 Å². The van der Waals surface area contributed by atoms with E-state index in [2.05, 4.69) is 15.9 Å². The van der Waals surface area contributed by atoms with Gasteiger partial charge in [-0.05, 0) is 33.4 Å². The lowest BCUT2D eigenvalue weighted by Crippen LogP contribution is -1.94. The number of hydrogen-bond donors (Lipinski definition) is 2. The van der Waals surface area contributed by atoms with Gasteiger partial charge in [0, 0.05) is 9.86 Å². The van der Waals surface area contributed by atoms with Gasteiger partial charge in [0.25, 0.3) is 0 Å². The van der Waals surface area contributed by atoms with Crippen molar-refractivity contribution in [3.8, 4) is 0 Å². The Hall–Kier alpha value is -0.740. The Labute approximate surface area is 82.3 Å². The van der Waals surface area contributed by atoms with E-state index in [9.17, 15) is 0 Å². The molecule has 0 aliphatic heterocycles. The molecule has 0 radical (unpaired) electrons. The van der Waals surface area contributed by atoms with Gasteiger partial charge in [0.2, 0.25) is 0 Å². The minimum Gasteiger partial charge on any atom is -0.397 e. The third-order valence-corrected chi connectivity index (χ3v) is 3.60. The van der Waals surface area contributed by atoms with Gasteiger partial charge in [-0.1, -0.05) is 0 Å². The smallest absolute Gasteiger partial charge is 0.0636 e. The number of nitrogens with two attached hydrogens (primary N) is 2. The molecule has 12 heavy (non-hydrogen) atoms. The maximum atomic E-state index is 5.79. The van der Waals surface area contributed by atoms with Gasteiger partial charge in [0.15, 0.2) is 0 Å². The Bertz CT molecular complexity index is 436. The number of rotatable bonds is 0. The van der Waals surface area contributed by atoms with Gasteiger partial charge in [-0.2, -0.15) is 0 Å². The molecule has 2 aromatic rings. The largest absolute Gasteiger partial charge is 0.397 e. The fraction of sp³-hybridized carbons (Fsp3) is 0. The minimum atomic E-state index is 0.632. The average molecular weight is 243 g/mol. The first kappa shape index (κ1) is 7.89. The maximum Gasteiger partial charge on any atom is 0.0636 e. The highest BCUT2D eigenvalue weighted by Gasteiger charge is 2.06. The molecule has 2 nitrogen and oxygen atoms in total. The molecule has 1 aromatic carbocycles. The van der Waals surface area contributed by atoms with Crippen LogP contribution in [0.3, 0.4) is 0 Å². The van der Waals surface area contributed by atoms with Crippen LogP contribution in [0.25, 0.3) is 10.1 Å². The Morgan fingerprint density at radius 1 is 1.33 bits per heavy atom. The fourth-order valence-electron chi connectivity index (χ4n) is 1.14. The first-order valence-electron chi connectivity index (χ1n) is 3.41. The van der Waals surface area contributed by atoms with E-state index in [1.807, 2.05) is 17.5 Å². The van der Waals surface area contributed by atoms with Gasteiger partial charge in [0.05, 0.1) is 16.1 Å². The van der Waals surface area contributed by atoms with E-state index >= 15 is 0 Å². The molecule has 0 aliphatic rings. The SMILES string of the molecule is Nc1cc(Br)c2sccc2c1N. The molecule has 0 saturated heterocycles. The van der Waals surface area contributed by atoms with Gasteiger partial charge >= 0.3 is 0 Å². The molecular formula is C8H7BrN2S. The molecule has 1 heterocycles. The summed E-state index contributed by atoms with van der Waals surface area (Å²) in [7, 11) is 0. The molecule has 0 amide bonds. The van der Waals surface area contributed by atoms with Crippen molar-refractivity contribution in [1.29, 1.82) is 0 Å². The third kappa shape index (κ3) is 0.990. The summed E-state index contributed by atoms with van der Waals surface area (Å²) in [5.74, 6) is 0. The maximum absolute atomic E-state index is 5.79. The summed E-state index contributed by atoms with van der Waals surface area (Å²) >= 11 is 5.09. The fourth-order valence-corrected chi connectivity index (χ4v) is 2.70. The standard InChI is InChI=1S/C8H7BrN2S/c9-5-3-6(10)7(11)4-1-2-12-8(4)5/h1-3H,10-11H2. The van der Waals surface area contributed by atoms with Crippen LogP contribution in [-0.4, -0.2) is 0 Å². The Morgan fingerprint density at radius 2 is 2.08 bits per heavy atom. The van der Waals surface area contributed by atoms with E-state index in [-0.39, 0.29) is 0 Å². The van der Waals surface area contributed by atoms with E-state index in [4.69, 9.17) is 11.5 Å². The minimum absolute atomic E-state index is 0.632. The van der Waals surface area contributed by atoms with Crippen molar-refractivity contribution < 1.29 is 0 Å². The van der Waals surface area contributed by atoms with Gasteiger partial charge in [-0.25, -0.2) is 0 Å². The topological polar surface area (TPSA) is 52.0 Å². The summed E-state index contributed by atoms with van der Waals surface area (Å²) in [4.78, 5) is 0. The van der Waals surface area contributed by atoms with Gasteiger partial charge in [0.1, 0.15) is 0 Å². The van der Waals surface area contributed by atoms with Crippen LogP contribution in [0.1, 0.15) is 0 Å². The van der Waals surface area contributed by atoms with Crippen molar-refractivity contribution in [2.45, 2.75) is 0 Å². The van der Waals surface area contributed by atoms with Crippen LogP contribution in [0.5, 0.6) is 0 Å². The lowest BCUT2D eigenvalue weighted by atomic mass is 10.2. The molecule has 0 atom stereocenters. The van der Waals surface area contributed by atoms with E-state index in [0.29, 0.717) is 11.4 Å². The zero-order valence-electron chi connectivity index (χ0n) is 6.17. The quantitative estimate of drug-likeness (QED) is 0.699. The van der Waals surface area contributed by atoms with Crippen LogP contribution in [0, 0.1) is 0 Å². The first-order valence-corrected chi connectivity index (χ1v) is 5.08. The highest BCUT2D eigenvalue weighted by Crippen LogP contribution is 2.36. The molecule has 1 aromatic heterocycles. The van der Waals surface area contributed by atoms with Gasteiger partial charge in [-0.3, -0.25) is 0 Å². The van der Waals surface area contributed by atoms with Crippen LogP contribution in [0.2, 0.25) is 0 Å². The summed E-state index contributed by atoms with van der Waals surface area (Å²) in [6.07, 6.45) is 0. The second-order valence-electron chi connectivity index (χ2n) is 2.52. The van der Waals surface area contributed by atoms with Crippen molar-refractivity contribution >= 4 is 48.7 Å². The zero-order valence-corrected chi connectivity index (χ0v) is 8.58. The second kappa shape index (κ2) is 2.64. The monoisotopic (exact) mass is 242 g/mol. The molecule has 4 heteroatoms. The van der Waals surface area contributed by atoms with Crippen molar-refractivity contribution in [2.75, 3.05) is 11.5 Å². The van der Waals surface area contributed by atoms with Crippen molar-refractivity contribution in [3.05, 3.63) is 22.0 Å². The lowest BCUT2D eigenvalue weighted by Gasteiger charge is -2.02. The molecule has 0 spiro atoms. The highest BCUT2D eigenvalue weighted by molar-refractivity contribution is 9.10. The van der Waals surface area contributed by atoms with Crippen LogP contribution in [-0.2, 0) is 0 Å². The van der Waals surface area contributed by atoms with Crippen LogP contribution in [0.4, 0.5) is 11.4 Å². The summed E-state index contributed by atoms with van der Waals surface area (Å²) in [6.45, 7) is 0. The van der Waals surface area contributed by atoms with Crippen LogP contribution >= 0.6 is 27.3 Å². The number of thiophene rings is 1. The van der Waals surface area contributed by atoms with E-state index in [1.165, 1.54) is 0 Å². The summed E-state index contributed by atoms with van der Waals surface area (Å²) in [5.41, 5.74) is 12.8. The Morgan fingerprint density at radius 3 is 2.83 bits per heavy atom. The predicted octanol–water partition coefficient (Wildman–Crippen LogP) is 2.83. The van der Waals surface area contributed by atoms with E-state index in [0.717, 1.165) is 14.6 Å². The predicted molar refractivity (Wildman–Crippen MR) is 58.3 cm³/mol. The number of fused-ring (bicyclic) bond motifs is 1. The number of hydrogen-bond acceptors (Lipinski definition) is 3. The summed E-state index contributed by atoms with van der Waals surface area (Å²) in [5, 5.41) is 3.04. The third-order valence-electron chi connectivity index (χ3n) is 1.77. The summed E-state index contributed by atoms with van der Waals surface area (Å²) in [6, 6.07) is 3.82. The zero-order chi connectivity index (χ0) is 8.72. The molecule has 0 bridgehead atoms. The molecule has 0 aliphatic carbocycles. The number of anilines is 2. The Kier molecular flexibility index (Phi) is 1.73. The van der Waals surface area contributed by atoms with Crippen molar-refractivity contribution in [1.82, 2.24) is 0 Å². The summed E-state index contributed by atoms with van der Waals surface area (Å²) < 4.78 is 2.17. The normalized spacial score (nSPS) is 10.8. The molecule has 2 rings (SSSR count). The number of benzene rings is 1. The highest BCUT2D eigenvalue weighted by atomic mass is 79.9. The van der Waals surface area contributed by atoms with Crippen molar-refractivity contribution in [3.63, 3.8) is 0 Å². The molecule has 0 fully saturated rings. The number of nitrogen functional groups attached to an aromatic ring is 2. The average Bonchev–Trinajstić information content (AvgIpc) is 2.48. The molecular weight excluding hydrogens is 236 g/mol. The first-order chi connectivity index (χ1) is 5.70. The number of halogens is 1. The van der Waals surface area contributed by atoms with Gasteiger partial charge in [-0.15, -0.1) is 11.3 Å². The lowest BCUT2D eigenvalue weighted by molar-refractivity contribution is 1.72.